The summed E-state index contributed by atoms with van der Waals surface area (Å²) in [4.78, 5) is 24.7. The van der Waals surface area contributed by atoms with Crippen molar-refractivity contribution >= 4 is 11.9 Å². The van der Waals surface area contributed by atoms with E-state index in [-0.39, 0.29) is 17.1 Å². The molecule has 0 spiro atoms. The van der Waals surface area contributed by atoms with Crippen LogP contribution in [-0.4, -0.2) is 38.4 Å². The number of ether oxygens (including phenoxy) is 6. The van der Waals surface area contributed by atoms with Crippen LogP contribution in [0.1, 0.15) is 72.9 Å². The van der Waals surface area contributed by atoms with E-state index < -0.39 is 17.4 Å². The van der Waals surface area contributed by atoms with Gasteiger partial charge in [-0.05, 0) is 53.2 Å². The number of benzene rings is 2. The Labute approximate surface area is 237 Å². The Balaban J connectivity index is 2.79. The fourth-order valence-corrected chi connectivity index (χ4v) is 4.06. The van der Waals surface area contributed by atoms with Crippen molar-refractivity contribution in [1.29, 1.82) is 0 Å². The number of allylic oxidation sites excluding steroid dienone is 1. The van der Waals surface area contributed by atoms with Crippen LogP contribution in [0.5, 0.6) is 34.5 Å². The van der Waals surface area contributed by atoms with E-state index in [1.807, 2.05) is 60.6 Å². The zero-order valence-electron chi connectivity index (χ0n) is 25.0. The molecule has 40 heavy (non-hydrogen) atoms. The van der Waals surface area contributed by atoms with Crippen LogP contribution in [0.15, 0.2) is 48.6 Å². The maximum atomic E-state index is 12.4. The van der Waals surface area contributed by atoms with E-state index in [0.717, 1.165) is 11.1 Å². The summed E-state index contributed by atoms with van der Waals surface area (Å²) in [5, 5.41) is 0. The van der Waals surface area contributed by atoms with E-state index in [0.29, 0.717) is 55.8 Å². The second-order valence-electron chi connectivity index (χ2n) is 9.30. The molecule has 0 radical (unpaired) electrons. The Morgan fingerprint density at radius 1 is 0.725 bits per heavy atom. The number of carbonyl (C=O) groups excluding carboxylic acids is 2. The number of carbonyl (C=O) groups is 2. The first-order valence-corrected chi connectivity index (χ1v) is 13.7. The number of esters is 2. The maximum absolute atomic E-state index is 12.4. The van der Waals surface area contributed by atoms with Crippen LogP contribution in [-0.2, 0) is 15.0 Å². The van der Waals surface area contributed by atoms with Crippen molar-refractivity contribution in [2.75, 3.05) is 26.4 Å². The Morgan fingerprint density at radius 2 is 1.15 bits per heavy atom. The van der Waals surface area contributed by atoms with Crippen LogP contribution in [0.3, 0.4) is 0 Å². The van der Waals surface area contributed by atoms with Crippen molar-refractivity contribution in [3.05, 3.63) is 59.7 Å². The van der Waals surface area contributed by atoms with Crippen molar-refractivity contribution in [2.45, 2.75) is 67.2 Å². The highest BCUT2D eigenvalue weighted by molar-refractivity contribution is 5.89. The second kappa shape index (κ2) is 15.0. The minimum absolute atomic E-state index is 0.236. The van der Waals surface area contributed by atoms with Crippen molar-refractivity contribution in [3.63, 3.8) is 0 Å². The van der Waals surface area contributed by atoms with Gasteiger partial charge in [-0.1, -0.05) is 45.6 Å². The Hall–Kier alpha value is -3.94. The largest absolute Gasteiger partial charge is 0.490 e. The fourth-order valence-electron chi connectivity index (χ4n) is 4.06. The molecule has 0 heterocycles. The lowest BCUT2D eigenvalue weighted by Gasteiger charge is -2.32. The molecule has 8 heteroatoms. The maximum Gasteiger partial charge on any atom is 0.338 e. The lowest BCUT2D eigenvalue weighted by atomic mass is 9.76. The van der Waals surface area contributed by atoms with Gasteiger partial charge in [0.2, 0.25) is 11.5 Å². The monoisotopic (exact) mass is 554 g/mol. The van der Waals surface area contributed by atoms with Gasteiger partial charge in [0.25, 0.3) is 0 Å². The molecule has 2 rings (SSSR count). The summed E-state index contributed by atoms with van der Waals surface area (Å²) in [6.45, 7) is 20.0. The number of hydrogen-bond donors (Lipinski definition) is 0. The van der Waals surface area contributed by atoms with Gasteiger partial charge < -0.3 is 28.4 Å². The molecule has 2 aromatic carbocycles. The lowest BCUT2D eigenvalue weighted by Crippen LogP contribution is -2.23. The Bertz CT molecular complexity index is 1230. The molecule has 0 unspecified atom stereocenters. The first-order valence-electron chi connectivity index (χ1n) is 13.7. The van der Waals surface area contributed by atoms with Gasteiger partial charge in [0.15, 0.2) is 23.0 Å². The van der Waals surface area contributed by atoms with Gasteiger partial charge in [-0.2, -0.15) is 0 Å². The van der Waals surface area contributed by atoms with Crippen molar-refractivity contribution in [3.8, 4) is 34.5 Å². The topological polar surface area (TPSA) is 89.5 Å². The quantitative estimate of drug-likeness (QED) is 0.133. The summed E-state index contributed by atoms with van der Waals surface area (Å²) < 4.78 is 35.4. The summed E-state index contributed by atoms with van der Waals surface area (Å²) >= 11 is 0. The highest BCUT2D eigenvalue weighted by atomic mass is 16.6. The van der Waals surface area contributed by atoms with Crippen LogP contribution < -0.4 is 28.4 Å². The van der Waals surface area contributed by atoms with E-state index in [1.54, 1.807) is 25.1 Å². The molecule has 8 nitrogen and oxygen atoms in total. The lowest BCUT2D eigenvalue weighted by molar-refractivity contribution is -0.130. The van der Waals surface area contributed by atoms with Crippen molar-refractivity contribution in [1.82, 2.24) is 0 Å². The summed E-state index contributed by atoms with van der Waals surface area (Å²) in [5.41, 5.74) is 1.08. The standard InChI is InChI=1S/C32H42O8/c1-10-15-16-26(33)39-24-19-17-22(27(35-11-2)29(24)37-13-4)32(8,9)23-18-20-25(40-31(34)21(6)7)30(38-14-5)28(23)36-12-3/h15-20H,6,10-14H2,1-5,7-9H3. The fraction of sp³-hybridized carbons (Fsp3) is 0.438. The van der Waals surface area contributed by atoms with Gasteiger partial charge in [-0.15, -0.1) is 0 Å². The molecule has 2 aromatic rings. The highest BCUT2D eigenvalue weighted by Gasteiger charge is 2.35. The molecule has 0 atom stereocenters. The van der Waals surface area contributed by atoms with Gasteiger partial charge in [-0.25, -0.2) is 9.59 Å². The number of hydrogen-bond acceptors (Lipinski definition) is 8. The Morgan fingerprint density at radius 3 is 1.55 bits per heavy atom. The van der Waals surface area contributed by atoms with Gasteiger partial charge in [0.1, 0.15) is 0 Å². The summed E-state index contributed by atoms with van der Waals surface area (Å²) in [5.74, 6) is 0.993. The van der Waals surface area contributed by atoms with E-state index in [1.165, 1.54) is 6.08 Å². The molecule has 0 aliphatic heterocycles. The smallest absolute Gasteiger partial charge is 0.338 e. The molecule has 0 aliphatic rings. The van der Waals surface area contributed by atoms with Gasteiger partial charge in [-0.3, -0.25) is 0 Å². The van der Waals surface area contributed by atoms with E-state index in [9.17, 15) is 9.59 Å². The molecule has 0 aromatic heterocycles. The number of rotatable bonds is 15. The summed E-state index contributed by atoms with van der Waals surface area (Å²) in [7, 11) is 0. The molecule has 0 amide bonds. The molecule has 0 fully saturated rings. The average molecular weight is 555 g/mol. The van der Waals surface area contributed by atoms with Gasteiger partial charge in [0.05, 0.1) is 26.4 Å². The predicted molar refractivity (Wildman–Crippen MR) is 155 cm³/mol. The Kier molecular flexibility index (Phi) is 12.1. The third kappa shape index (κ3) is 7.58. The van der Waals surface area contributed by atoms with Crippen molar-refractivity contribution in [2.24, 2.45) is 0 Å². The molecule has 218 valence electrons. The predicted octanol–water partition coefficient (Wildman–Crippen LogP) is 6.96. The van der Waals surface area contributed by atoms with Crippen LogP contribution in [0.25, 0.3) is 0 Å². The zero-order valence-corrected chi connectivity index (χ0v) is 25.0. The summed E-state index contributed by atoms with van der Waals surface area (Å²) in [6, 6.07) is 7.08. The van der Waals surface area contributed by atoms with E-state index >= 15 is 0 Å². The van der Waals surface area contributed by atoms with Crippen LogP contribution >= 0.6 is 0 Å². The highest BCUT2D eigenvalue weighted by Crippen LogP contribution is 2.52. The van der Waals surface area contributed by atoms with Crippen LogP contribution in [0.4, 0.5) is 0 Å². The van der Waals surface area contributed by atoms with Crippen LogP contribution in [0, 0.1) is 0 Å². The SMILES string of the molecule is C=C(C)C(=O)Oc1ccc(C(C)(C)c2ccc(OC(=O)C=CCC)c(OCC)c2OCC)c(OCC)c1OCC. The third-order valence-corrected chi connectivity index (χ3v) is 5.90. The van der Waals surface area contributed by atoms with Crippen LogP contribution in [0.2, 0.25) is 0 Å². The molecular formula is C32H42O8. The molecule has 0 aliphatic carbocycles. The molecule has 0 bridgehead atoms. The summed E-state index contributed by atoms with van der Waals surface area (Å²) in [6.07, 6.45) is 3.83. The first kappa shape index (κ1) is 32.3. The molecule has 0 N–H and O–H groups in total. The van der Waals surface area contributed by atoms with Gasteiger partial charge in [0, 0.05) is 28.2 Å². The molecular weight excluding hydrogens is 512 g/mol. The first-order chi connectivity index (χ1) is 19.1. The third-order valence-electron chi connectivity index (χ3n) is 5.90. The average Bonchev–Trinajstić information content (AvgIpc) is 2.91. The minimum Gasteiger partial charge on any atom is -0.490 e. The van der Waals surface area contributed by atoms with Gasteiger partial charge >= 0.3 is 11.9 Å². The molecule has 0 saturated heterocycles. The van der Waals surface area contributed by atoms with Crippen molar-refractivity contribution < 1.29 is 38.0 Å². The minimum atomic E-state index is -0.728. The normalized spacial score (nSPS) is 11.2. The molecule has 0 saturated carbocycles. The van der Waals surface area contributed by atoms with E-state index in [2.05, 4.69) is 6.58 Å². The zero-order chi connectivity index (χ0) is 29.9. The second-order valence-corrected chi connectivity index (χ2v) is 9.30. The van der Waals surface area contributed by atoms with E-state index in [4.69, 9.17) is 28.4 Å².